The molecule has 24 heavy (non-hydrogen) atoms. The first-order chi connectivity index (χ1) is 11.6. The Hall–Kier alpha value is -2.11. The summed E-state index contributed by atoms with van der Waals surface area (Å²) < 4.78 is 0. The molecule has 1 saturated heterocycles. The van der Waals surface area contributed by atoms with E-state index in [9.17, 15) is 9.59 Å². The first-order valence-electron chi connectivity index (χ1n) is 8.40. The van der Waals surface area contributed by atoms with E-state index in [4.69, 9.17) is 10.4 Å². The van der Waals surface area contributed by atoms with Gasteiger partial charge in [0.25, 0.3) is 5.91 Å². The maximum Gasteiger partial charge on any atom is 0.303 e. The number of amides is 1. The third kappa shape index (κ3) is 9.12. The van der Waals surface area contributed by atoms with E-state index < -0.39 is 11.9 Å². The largest absolute Gasteiger partial charge is 0.481 e. The van der Waals surface area contributed by atoms with Gasteiger partial charge in [-0.1, -0.05) is 6.42 Å². The molecule has 1 amide bonds. The van der Waals surface area contributed by atoms with Crippen molar-refractivity contribution in [3.63, 3.8) is 0 Å². The Morgan fingerprint density at radius 3 is 2.62 bits per heavy atom. The minimum Gasteiger partial charge on any atom is -0.481 e. The number of carbonyl (C=O) groups is 2. The summed E-state index contributed by atoms with van der Waals surface area (Å²) in [7, 11) is 0. The highest BCUT2D eigenvalue weighted by atomic mass is 16.4. The van der Waals surface area contributed by atoms with Gasteiger partial charge in [-0.2, -0.15) is 5.26 Å². The van der Waals surface area contributed by atoms with Gasteiger partial charge in [0.15, 0.2) is 0 Å². The lowest BCUT2D eigenvalue weighted by Crippen LogP contribution is -2.45. The highest BCUT2D eigenvalue weighted by Gasteiger charge is 2.09. The number of carboxylic acids is 1. The fourth-order valence-corrected chi connectivity index (χ4v) is 2.36. The van der Waals surface area contributed by atoms with E-state index in [-0.39, 0.29) is 12.0 Å². The summed E-state index contributed by atoms with van der Waals surface area (Å²) in [5.41, 5.74) is 0.0563. The zero-order valence-corrected chi connectivity index (χ0v) is 14.0. The van der Waals surface area contributed by atoms with Crippen molar-refractivity contribution in [2.24, 2.45) is 0 Å². The highest BCUT2D eigenvalue weighted by molar-refractivity contribution is 5.97. The quantitative estimate of drug-likeness (QED) is 0.231. The topological polar surface area (TPSA) is 117 Å². The number of aliphatic carboxylic acids is 1. The molecule has 0 radical (unpaired) electrons. The van der Waals surface area contributed by atoms with Crippen LogP contribution in [-0.2, 0) is 9.59 Å². The molecule has 134 valence electrons. The average Bonchev–Trinajstić information content (AvgIpc) is 2.58. The second kappa shape index (κ2) is 12.3. The number of nitrogens with zero attached hydrogens (tertiary/aromatic N) is 2. The Bertz CT molecular complexity index is 467. The van der Waals surface area contributed by atoms with E-state index in [1.165, 1.54) is 6.20 Å². The molecule has 8 heteroatoms. The third-order valence-corrected chi connectivity index (χ3v) is 3.75. The molecule has 0 aromatic carbocycles. The van der Waals surface area contributed by atoms with Crippen molar-refractivity contribution >= 4 is 11.9 Å². The van der Waals surface area contributed by atoms with Crippen LogP contribution in [0.2, 0.25) is 0 Å². The average molecular weight is 337 g/mol. The first kappa shape index (κ1) is 19.9. The zero-order valence-electron chi connectivity index (χ0n) is 14.0. The number of carboxylic acid groups (broad SMARTS) is 1. The molecule has 0 atom stereocenters. The Kier molecular flexibility index (Phi) is 10.2. The van der Waals surface area contributed by atoms with Gasteiger partial charge in [0.1, 0.15) is 11.6 Å². The van der Waals surface area contributed by atoms with Gasteiger partial charge in [-0.05, 0) is 12.8 Å². The summed E-state index contributed by atoms with van der Waals surface area (Å²) in [5.74, 6) is -1.20. The van der Waals surface area contributed by atoms with Gasteiger partial charge in [-0.15, -0.1) is 0 Å². The van der Waals surface area contributed by atoms with Crippen LogP contribution in [0.5, 0.6) is 0 Å². The summed E-state index contributed by atoms with van der Waals surface area (Å²) in [4.78, 5) is 24.5. The van der Waals surface area contributed by atoms with Crippen molar-refractivity contribution in [2.45, 2.75) is 25.7 Å². The van der Waals surface area contributed by atoms with Crippen LogP contribution in [0.15, 0.2) is 11.8 Å². The van der Waals surface area contributed by atoms with Crippen molar-refractivity contribution < 1.29 is 14.7 Å². The minimum absolute atomic E-state index is 0.0563. The van der Waals surface area contributed by atoms with E-state index >= 15 is 0 Å². The Balaban J connectivity index is 2.15. The molecule has 0 bridgehead atoms. The number of hydrogen-bond donors (Lipinski definition) is 4. The Labute approximate surface area is 142 Å². The van der Waals surface area contributed by atoms with Crippen molar-refractivity contribution in [1.29, 1.82) is 5.26 Å². The SMILES string of the molecule is N#C/C(=C/NCCN1CCNCC1)C(=O)NCCCCCC(=O)O. The van der Waals surface area contributed by atoms with Crippen molar-refractivity contribution in [3.05, 3.63) is 11.8 Å². The number of hydrogen-bond acceptors (Lipinski definition) is 6. The van der Waals surface area contributed by atoms with E-state index in [1.807, 2.05) is 6.07 Å². The smallest absolute Gasteiger partial charge is 0.303 e. The van der Waals surface area contributed by atoms with Crippen LogP contribution in [0, 0.1) is 11.3 Å². The van der Waals surface area contributed by atoms with Crippen LogP contribution in [0.25, 0.3) is 0 Å². The van der Waals surface area contributed by atoms with Gasteiger partial charge in [0.2, 0.25) is 0 Å². The molecule has 1 fully saturated rings. The number of piperazine rings is 1. The second-order valence-electron chi connectivity index (χ2n) is 5.68. The second-order valence-corrected chi connectivity index (χ2v) is 5.68. The van der Waals surface area contributed by atoms with Crippen LogP contribution >= 0.6 is 0 Å². The number of unbranched alkanes of at least 4 members (excludes halogenated alkanes) is 2. The van der Waals surface area contributed by atoms with E-state index in [0.29, 0.717) is 25.9 Å². The maximum atomic E-state index is 11.9. The summed E-state index contributed by atoms with van der Waals surface area (Å²) in [6, 6.07) is 1.89. The number of rotatable bonds is 11. The molecule has 1 rings (SSSR count). The van der Waals surface area contributed by atoms with Crippen molar-refractivity contribution in [3.8, 4) is 6.07 Å². The Morgan fingerprint density at radius 2 is 1.96 bits per heavy atom. The molecule has 0 saturated carbocycles. The zero-order chi connectivity index (χ0) is 17.6. The summed E-state index contributed by atoms with van der Waals surface area (Å²) in [5, 5.41) is 26.5. The number of carbonyl (C=O) groups excluding carboxylic acids is 1. The lowest BCUT2D eigenvalue weighted by atomic mass is 10.2. The normalized spacial score (nSPS) is 15.5. The standard InChI is InChI=1S/C16H27N5O3/c17-12-14(13-19-8-11-21-9-6-18-7-10-21)16(24)20-5-3-1-2-4-15(22)23/h13,18-19H,1-11H2,(H,20,24)(H,22,23)/b14-13-. The molecular formula is C16H27N5O3. The molecule has 1 aliphatic rings. The maximum absolute atomic E-state index is 11.9. The molecule has 0 aromatic heterocycles. The van der Waals surface area contributed by atoms with Gasteiger partial charge in [-0.25, -0.2) is 0 Å². The van der Waals surface area contributed by atoms with E-state index in [2.05, 4.69) is 20.9 Å². The van der Waals surface area contributed by atoms with Gasteiger partial charge in [-0.3, -0.25) is 14.5 Å². The molecule has 8 nitrogen and oxygen atoms in total. The van der Waals surface area contributed by atoms with Crippen molar-refractivity contribution in [1.82, 2.24) is 20.9 Å². The Morgan fingerprint density at radius 1 is 1.21 bits per heavy atom. The molecule has 1 heterocycles. The molecule has 4 N–H and O–H groups in total. The number of nitriles is 1. The van der Waals surface area contributed by atoms with E-state index in [0.717, 1.165) is 39.1 Å². The van der Waals surface area contributed by atoms with Gasteiger partial charge in [0, 0.05) is 58.4 Å². The summed E-state index contributed by atoms with van der Waals surface area (Å²) >= 11 is 0. The lowest BCUT2D eigenvalue weighted by molar-refractivity contribution is -0.137. The fraction of sp³-hybridized carbons (Fsp3) is 0.688. The molecule has 0 aliphatic carbocycles. The van der Waals surface area contributed by atoms with E-state index in [1.54, 1.807) is 0 Å². The van der Waals surface area contributed by atoms with Crippen LogP contribution < -0.4 is 16.0 Å². The monoisotopic (exact) mass is 337 g/mol. The van der Waals surface area contributed by atoms with Crippen LogP contribution in [0.4, 0.5) is 0 Å². The van der Waals surface area contributed by atoms with Crippen LogP contribution in [-0.4, -0.2) is 67.7 Å². The summed E-state index contributed by atoms with van der Waals surface area (Å²) in [6.07, 6.45) is 3.64. The predicted octanol–water partition coefficient (Wildman–Crippen LogP) is -0.350. The van der Waals surface area contributed by atoms with Gasteiger partial charge >= 0.3 is 5.97 Å². The fourth-order valence-electron chi connectivity index (χ4n) is 2.36. The lowest BCUT2D eigenvalue weighted by Gasteiger charge is -2.26. The summed E-state index contributed by atoms with van der Waals surface area (Å²) in [6.45, 7) is 6.02. The molecule has 0 spiro atoms. The third-order valence-electron chi connectivity index (χ3n) is 3.75. The van der Waals surface area contributed by atoms with Crippen molar-refractivity contribution in [2.75, 3.05) is 45.8 Å². The molecule has 1 aliphatic heterocycles. The molecule has 0 unspecified atom stereocenters. The van der Waals surface area contributed by atoms with Gasteiger partial charge < -0.3 is 21.1 Å². The first-order valence-corrected chi connectivity index (χ1v) is 8.40. The van der Waals surface area contributed by atoms with Crippen LogP contribution in [0.3, 0.4) is 0 Å². The highest BCUT2D eigenvalue weighted by Crippen LogP contribution is 1.99. The number of nitrogens with one attached hydrogen (secondary N) is 3. The minimum atomic E-state index is -0.805. The molecule has 0 aromatic rings. The van der Waals surface area contributed by atoms with Crippen LogP contribution in [0.1, 0.15) is 25.7 Å². The molecular weight excluding hydrogens is 310 g/mol. The van der Waals surface area contributed by atoms with Gasteiger partial charge in [0.05, 0.1) is 0 Å². The predicted molar refractivity (Wildman–Crippen MR) is 90.1 cm³/mol.